The van der Waals surface area contributed by atoms with Gasteiger partial charge in [-0.1, -0.05) is 18.2 Å². The molecule has 1 saturated heterocycles. The van der Waals surface area contributed by atoms with Gasteiger partial charge in [-0.25, -0.2) is 4.98 Å². The Hall–Kier alpha value is -3.16. The molecule has 1 aromatic carbocycles. The summed E-state index contributed by atoms with van der Waals surface area (Å²) in [4.78, 5) is 27.7. The second-order valence-corrected chi connectivity index (χ2v) is 7.40. The first kappa shape index (κ1) is 17.0. The van der Waals surface area contributed by atoms with Gasteiger partial charge in [0.1, 0.15) is 0 Å². The minimum absolute atomic E-state index is 0.238. The van der Waals surface area contributed by atoms with E-state index in [1.54, 1.807) is 6.33 Å². The van der Waals surface area contributed by atoms with Gasteiger partial charge < -0.3 is 20.1 Å². The third-order valence-corrected chi connectivity index (χ3v) is 5.19. The highest BCUT2D eigenvalue weighted by molar-refractivity contribution is 5.85. The quantitative estimate of drug-likeness (QED) is 0.658. The van der Waals surface area contributed by atoms with Gasteiger partial charge in [0.15, 0.2) is 17.0 Å². The van der Waals surface area contributed by atoms with Crippen molar-refractivity contribution in [2.75, 3.05) is 23.7 Å². The molecule has 8 heteroatoms. The van der Waals surface area contributed by atoms with Crippen molar-refractivity contribution in [1.29, 1.82) is 0 Å². The van der Waals surface area contributed by atoms with Gasteiger partial charge in [-0.05, 0) is 31.4 Å². The van der Waals surface area contributed by atoms with E-state index in [9.17, 15) is 4.79 Å². The van der Waals surface area contributed by atoms with Crippen LogP contribution in [0.5, 0.6) is 0 Å². The number of amides is 1. The van der Waals surface area contributed by atoms with E-state index in [2.05, 4.69) is 20.6 Å². The molecule has 1 aliphatic carbocycles. The number of carbonyl (C=O) groups is 1. The molecule has 2 fully saturated rings. The second-order valence-electron chi connectivity index (χ2n) is 7.40. The Morgan fingerprint density at radius 2 is 1.96 bits per heavy atom. The first-order valence-electron chi connectivity index (χ1n) is 9.85. The van der Waals surface area contributed by atoms with Crippen LogP contribution < -0.4 is 10.6 Å². The van der Waals surface area contributed by atoms with Gasteiger partial charge in [-0.3, -0.25) is 4.79 Å². The lowest BCUT2D eigenvalue weighted by Crippen LogP contribution is -2.28. The van der Waals surface area contributed by atoms with Gasteiger partial charge in [0.25, 0.3) is 0 Å². The lowest BCUT2D eigenvalue weighted by atomic mass is 10.3. The molecule has 0 atom stereocenters. The molecular formula is C20H23N7O. The maximum atomic E-state index is 11.9. The third-order valence-electron chi connectivity index (χ3n) is 5.19. The number of fused-ring (bicyclic) bond motifs is 1. The van der Waals surface area contributed by atoms with Crippen LogP contribution in [-0.2, 0) is 11.3 Å². The monoisotopic (exact) mass is 377 g/mol. The number of hydrogen-bond acceptors (Lipinski definition) is 6. The zero-order valence-electron chi connectivity index (χ0n) is 15.6. The Kier molecular flexibility index (Phi) is 4.31. The number of para-hydroxylation sites is 1. The van der Waals surface area contributed by atoms with Crippen molar-refractivity contribution >= 4 is 34.5 Å². The number of nitrogens with zero attached hydrogens (tertiary/aromatic N) is 5. The van der Waals surface area contributed by atoms with Crippen LogP contribution in [0.2, 0.25) is 0 Å². The number of anilines is 3. The fourth-order valence-electron chi connectivity index (χ4n) is 3.50. The Bertz CT molecular complexity index is 996. The summed E-state index contributed by atoms with van der Waals surface area (Å²) < 4.78 is 2.01. The fraction of sp³-hybridized carbons (Fsp3) is 0.400. The summed E-state index contributed by atoms with van der Waals surface area (Å²) in [5, 5.41) is 6.75. The molecule has 8 nitrogen and oxygen atoms in total. The molecule has 2 aliphatic rings. The zero-order valence-corrected chi connectivity index (χ0v) is 15.6. The average Bonchev–Trinajstić information content (AvgIpc) is 3.28. The van der Waals surface area contributed by atoms with E-state index in [0.717, 1.165) is 48.5 Å². The van der Waals surface area contributed by atoms with Crippen molar-refractivity contribution in [3.8, 4) is 0 Å². The summed E-state index contributed by atoms with van der Waals surface area (Å²) in [5.74, 6) is 1.55. The number of imidazole rings is 1. The summed E-state index contributed by atoms with van der Waals surface area (Å²) >= 11 is 0. The van der Waals surface area contributed by atoms with Gasteiger partial charge in [0.05, 0.1) is 6.33 Å². The van der Waals surface area contributed by atoms with Crippen molar-refractivity contribution in [3.63, 3.8) is 0 Å². The number of rotatable bonds is 7. The van der Waals surface area contributed by atoms with Crippen LogP contribution in [0.25, 0.3) is 11.2 Å². The van der Waals surface area contributed by atoms with Gasteiger partial charge in [-0.2, -0.15) is 9.97 Å². The van der Waals surface area contributed by atoms with Crippen molar-refractivity contribution in [1.82, 2.24) is 24.4 Å². The molecular weight excluding hydrogens is 354 g/mol. The summed E-state index contributed by atoms with van der Waals surface area (Å²) in [7, 11) is 0. The highest BCUT2D eigenvalue weighted by Crippen LogP contribution is 2.29. The molecule has 0 unspecified atom stereocenters. The van der Waals surface area contributed by atoms with Crippen LogP contribution in [0.15, 0.2) is 36.7 Å². The third kappa shape index (κ3) is 3.49. The van der Waals surface area contributed by atoms with E-state index in [1.807, 2.05) is 39.8 Å². The van der Waals surface area contributed by atoms with Crippen LogP contribution >= 0.6 is 0 Å². The molecule has 3 heterocycles. The summed E-state index contributed by atoms with van der Waals surface area (Å²) in [6.07, 6.45) is 5.72. The van der Waals surface area contributed by atoms with Crippen LogP contribution in [0, 0.1) is 0 Å². The largest absolute Gasteiger partial charge is 0.365 e. The summed E-state index contributed by atoms with van der Waals surface area (Å²) in [5.41, 5.74) is 2.49. The zero-order chi connectivity index (χ0) is 18.9. The second kappa shape index (κ2) is 7.10. The maximum Gasteiger partial charge on any atom is 0.231 e. The number of aromatic nitrogens is 4. The first-order chi connectivity index (χ1) is 13.8. The van der Waals surface area contributed by atoms with Crippen molar-refractivity contribution in [3.05, 3.63) is 36.7 Å². The molecule has 1 amide bonds. The topological polar surface area (TPSA) is 88.0 Å². The normalized spacial score (nSPS) is 16.7. The highest BCUT2D eigenvalue weighted by Gasteiger charge is 2.25. The van der Waals surface area contributed by atoms with E-state index in [0.29, 0.717) is 31.5 Å². The number of benzene rings is 1. The Balaban J connectivity index is 1.45. The van der Waals surface area contributed by atoms with E-state index in [-0.39, 0.29) is 5.91 Å². The summed E-state index contributed by atoms with van der Waals surface area (Å²) in [6.45, 7) is 2.20. The molecule has 0 spiro atoms. The molecule has 28 heavy (non-hydrogen) atoms. The van der Waals surface area contributed by atoms with Crippen LogP contribution in [-0.4, -0.2) is 49.5 Å². The minimum Gasteiger partial charge on any atom is -0.365 e. The van der Waals surface area contributed by atoms with Crippen molar-refractivity contribution in [2.24, 2.45) is 0 Å². The first-order valence-corrected chi connectivity index (χ1v) is 9.85. The number of likely N-dealkylation sites (tertiary alicyclic amines) is 1. The molecule has 144 valence electrons. The van der Waals surface area contributed by atoms with E-state index >= 15 is 0 Å². The number of nitrogens with one attached hydrogen (secondary N) is 2. The summed E-state index contributed by atoms with van der Waals surface area (Å²) in [6, 6.07) is 10.4. The molecule has 0 radical (unpaired) electrons. The molecule has 0 bridgehead atoms. The lowest BCUT2D eigenvalue weighted by Gasteiger charge is -2.16. The van der Waals surface area contributed by atoms with Crippen LogP contribution in [0.4, 0.5) is 17.5 Å². The Morgan fingerprint density at radius 3 is 2.71 bits per heavy atom. The SMILES string of the molecule is O=C1CCCN1CCn1cnc2c(NC3CC3)nc(Nc3ccccc3)nc21. The lowest BCUT2D eigenvalue weighted by molar-refractivity contribution is -0.127. The van der Waals surface area contributed by atoms with Gasteiger partial charge >= 0.3 is 0 Å². The average molecular weight is 377 g/mol. The van der Waals surface area contributed by atoms with Crippen molar-refractivity contribution < 1.29 is 4.79 Å². The van der Waals surface area contributed by atoms with Crippen LogP contribution in [0.3, 0.4) is 0 Å². The molecule has 1 saturated carbocycles. The standard InChI is InChI=1S/C20H23N7O/c28-16-7-4-10-26(16)11-12-27-13-21-17-18(22-15-8-9-15)24-20(25-19(17)27)23-14-5-2-1-3-6-14/h1-3,5-6,13,15H,4,7-12H2,(H2,22,23,24,25). The predicted molar refractivity (Wildman–Crippen MR) is 108 cm³/mol. The number of hydrogen-bond donors (Lipinski definition) is 2. The Labute approximate surface area is 163 Å². The smallest absolute Gasteiger partial charge is 0.231 e. The molecule has 3 aromatic rings. The van der Waals surface area contributed by atoms with Crippen molar-refractivity contribution in [2.45, 2.75) is 38.3 Å². The molecule has 1 aliphatic heterocycles. The Morgan fingerprint density at radius 1 is 1.11 bits per heavy atom. The molecule has 2 N–H and O–H groups in total. The molecule has 5 rings (SSSR count). The van der Waals surface area contributed by atoms with Gasteiger partial charge in [0.2, 0.25) is 11.9 Å². The van der Waals surface area contributed by atoms with E-state index in [1.165, 1.54) is 0 Å². The molecule has 2 aromatic heterocycles. The van der Waals surface area contributed by atoms with Gasteiger partial charge in [-0.15, -0.1) is 0 Å². The predicted octanol–water partition coefficient (Wildman–Crippen LogP) is 2.77. The van der Waals surface area contributed by atoms with Crippen LogP contribution in [0.1, 0.15) is 25.7 Å². The fourth-order valence-corrected chi connectivity index (χ4v) is 3.50. The van der Waals surface area contributed by atoms with E-state index in [4.69, 9.17) is 4.98 Å². The van der Waals surface area contributed by atoms with Gasteiger partial charge in [0, 0.05) is 37.8 Å². The minimum atomic E-state index is 0.238. The maximum absolute atomic E-state index is 11.9. The van der Waals surface area contributed by atoms with E-state index < -0.39 is 0 Å². The number of carbonyl (C=O) groups excluding carboxylic acids is 1. The highest BCUT2D eigenvalue weighted by atomic mass is 16.2.